The van der Waals surface area contributed by atoms with Gasteiger partial charge in [-0.3, -0.25) is 10.1 Å². The van der Waals surface area contributed by atoms with Crippen molar-refractivity contribution in [2.45, 2.75) is 78.0 Å². The van der Waals surface area contributed by atoms with Crippen molar-refractivity contribution in [3.63, 3.8) is 0 Å². The average Bonchev–Trinajstić information content (AvgIpc) is 3.21. The Morgan fingerprint density at radius 1 is 0.941 bits per heavy atom. The molecule has 3 rings (SSSR count). The Kier molecular flexibility index (Phi) is 7.30. The van der Waals surface area contributed by atoms with Gasteiger partial charge in [0.05, 0.1) is 6.33 Å². The number of imidazole rings is 1. The number of nitrogens with zero attached hydrogens (tertiary/aromatic N) is 3. The molecule has 0 atom stereocenters. The molecule has 10 heteroatoms. The second-order valence-electron chi connectivity index (χ2n) is 9.63. The number of fused-ring (bicyclic) bond motifs is 1. The number of benzene rings is 1. The van der Waals surface area contributed by atoms with E-state index in [1.807, 2.05) is 39.8 Å². The van der Waals surface area contributed by atoms with Crippen molar-refractivity contribution in [3.8, 4) is 5.88 Å². The van der Waals surface area contributed by atoms with Crippen LogP contribution in [0.25, 0.3) is 11.2 Å². The fraction of sp³-hybridized carbons (Fsp3) is 0.500. The van der Waals surface area contributed by atoms with Gasteiger partial charge in [-0.15, -0.1) is 0 Å². The zero-order valence-electron chi connectivity index (χ0n) is 20.9. The van der Waals surface area contributed by atoms with Crippen molar-refractivity contribution in [1.82, 2.24) is 19.9 Å². The van der Waals surface area contributed by atoms with Gasteiger partial charge in [-0.1, -0.05) is 67.5 Å². The quantitative estimate of drug-likeness (QED) is 0.424. The first-order valence-electron chi connectivity index (χ1n) is 11.5. The smallest absolute Gasteiger partial charge is 0.341 e. The van der Waals surface area contributed by atoms with E-state index in [0.717, 1.165) is 5.56 Å². The normalized spacial score (nSPS) is 12.4. The van der Waals surface area contributed by atoms with Gasteiger partial charge in [0.25, 0.3) is 5.88 Å². The molecule has 0 aliphatic rings. The van der Waals surface area contributed by atoms with Gasteiger partial charge in [0, 0.05) is 5.92 Å². The van der Waals surface area contributed by atoms with E-state index in [9.17, 15) is 13.2 Å². The van der Waals surface area contributed by atoms with Gasteiger partial charge < -0.3 is 9.17 Å². The Morgan fingerprint density at radius 3 is 2.03 bits per heavy atom. The topological polar surface area (TPSA) is 127 Å². The minimum absolute atomic E-state index is 0.0527. The molecule has 184 valence electrons. The highest BCUT2D eigenvalue weighted by atomic mass is 32.2. The van der Waals surface area contributed by atoms with Gasteiger partial charge in [0.15, 0.2) is 5.65 Å². The minimum atomic E-state index is -4.29. The van der Waals surface area contributed by atoms with Crippen LogP contribution in [0.4, 0.5) is 5.95 Å². The van der Waals surface area contributed by atoms with Crippen LogP contribution >= 0.6 is 0 Å². The van der Waals surface area contributed by atoms with E-state index in [4.69, 9.17) is 4.18 Å². The molecule has 2 N–H and O–H groups in total. The molecular formula is C24H33N5O4S. The summed E-state index contributed by atoms with van der Waals surface area (Å²) in [4.78, 5) is 27.6. The van der Waals surface area contributed by atoms with Crippen LogP contribution in [-0.4, -0.2) is 34.3 Å². The molecule has 0 bridgehead atoms. The number of carbonyl (C=O) groups excluding carboxylic acids is 1. The van der Waals surface area contributed by atoms with Gasteiger partial charge in [0.2, 0.25) is 11.9 Å². The lowest BCUT2D eigenvalue weighted by atomic mass is 9.89. The first-order chi connectivity index (χ1) is 15.8. The van der Waals surface area contributed by atoms with Gasteiger partial charge in [0.1, 0.15) is 10.4 Å². The number of hydrogen-bond donors (Lipinski definition) is 2. The van der Waals surface area contributed by atoms with Crippen molar-refractivity contribution in [2.24, 2.45) is 5.92 Å². The maximum Gasteiger partial charge on any atom is 0.341 e. The molecule has 34 heavy (non-hydrogen) atoms. The predicted molar refractivity (Wildman–Crippen MR) is 132 cm³/mol. The molecule has 1 aromatic carbocycles. The Balaban J connectivity index is 2.17. The highest BCUT2D eigenvalue weighted by molar-refractivity contribution is 7.87. The number of amides is 1. The number of rotatable bonds is 8. The number of H-pyrrole nitrogens is 1. The first kappa shape index (κ1) is 25.6. The van der Waals surface area contributed by atoms with Crippen molar-refractivity contribution < 1.29 is 17.4 Å². The largest absolute Gasteiger partial charge is 0.356 e. The van der Waals surface area contributed by atoms with E-state index in [1.165, 1.54) is 6.33 Å². The lowest BCUT2D eigenvalue weighted by Crippen LogP contribution is -2.21. The summed E-state index contributed by atoms with van der Waals surface area (Å²) in [6, 6.07) is 3.88. The molecule has 0 aliphatic heterocycles. The molecule has 0 radical (unpaired) electrons. The summed E-state index contributed by atoms with van der Waals surface area (Å²) in [6.45, 7) is 15.5. The zero-order valence-corrected chi connectivity index (χ0v) is 21.7. The molecule has 2 aromatic heterocycles. The standard InChI is InChI=1S/C24H33N5O4S/c1-12(2)16-9-17(13(3)4)20(18(10-16)14(5)6)34(31,32)33-23-19-21(26-11-25-19)27-24(29-23)28-22(30)15(7)8/h9-15H,1-8H3,(H2,25,26,27,28,29,30). The molecule has 9 nitrogen and oxygen atoms in total. The maximum atomic E-state index is 13.7. The van der Waals surface area contributed by atoms with E-state index < -0.39 is 10.1 Å². The highest BCUT2D eigenvalue weighted by Crippen LogP contribution is 2.37. The molecule has 3 aromatic rings. The van der Waals surface area contributed by atoms with Crippen molar-refractivity contribution >= 4 is 33.1 Å². The first-order valence-corrected chi connectivity index (χ1v) is 12.9. The van der Waals surface area contributed by atoms with E-state index >= 15 is 0 Å². The van der Waals surface area contributed by atoms with Gasteiger partial charge in [-0.2, -0.15) is 18.4 Å². The van der Waals surface area contributed by atoms with Crippen LogP contribution in [0.2, 0.25) is 0 Å². The molecule has 0 unspecified atom stereocenters. The monoisotopic (exact) mass is 487 g/mol. The summed E-state index contributed by atoms with van der Waals surface area (Å²) in [5, 5.41) is 2.58. The summed E-state index contributed by atoms with van der Waals surface area (Å²) in [5.74, 6) is -0.784. The van der Waals surface area contributed by atoms with Crippen LogP contribution in [0.3, 0.4) is 0 Å². The molecular weight excluding hydrogens is 454 g/mol. The van der Waals surface area contributed by atoms with E-state index in [2.05, 4.69) is 39.1 Å². The number of aromatic nitrogens is 4. The second kappa shape index (κ2) is 9.69. The highest BCUT2D eigenvalue weighted by Gasteiger charge is 2.30. The van der Waals surface area contributed by atoms with Crippen LogP contribution in [0.1, 0.15) is 89.8 Å². The van der Waals surface area contributed by atoms with Gasteiger partial charge in [-0.05, 0) is 34.4 Å². The molecule has 0 spiro atoms. The summed E-state index contributed by atoms with van der Waals surface area (Å²) in [7, 11) is -4.29. The van der Waals surface area contributed by atoms with Crippen LogP contribution in [-0.2, 0) is 14.9 Å². The number of carbonyl (C=O) groups is 1. The SMILES string of the molecule is CC(C)C(=O)Nc1nc(OS(=O)(=O)c2c(C(C)C)cc(C(C)C)cc2C(C)C)c2[nH]cnc2n1. The molecule has 0 aliphatic carbocycles. The summed E-state index contributed by atoms with van der Waals surface area (Å²) in [5.41, 5.74) is 2.86. The fourth-order valence-electron chi connectivity index (χ4n) is 3.50. The number of nitrogens with one attached hydrogen (secondary N) is 2. The van der Waals surface area contributed by atoms with Gasteiger partial charge >= 0.3 is 10.1 Å². The van der Waals surface area contributed by atoms with E-state index in [-0.39, 0.29) is 57.5 Å². The number of hydrogen-bond acceptors (Lipinski definition) is 7. The molecule has 2 heterocycles. The molecule has 0 saturated carbocycles. The Morgan fingerprint density at radius 2 is 1.53 bits per heavy atom. The second-order valence-corrected chi connectivity index (χ2v) is 11.1. The average molecular weight is 488 g/mol. The zero-order chi connectivity index (χ0) is 25.4. The molecule has 1 amide bonds. The summed E-state index contributed by atoms with van der Waals surface area (Å²) in [6.07, 6.45) is 1.36. The Bertz CT molecular complexity index is 1280. The van der Waals surface area contributed by atoms with Gasteiger partial charge in [-0.25, -0.2) is 4.98 Å². The van der Waals surface area contributed by atoms with E-state index in [1.54, 1.807) is 13.8 Å². The lowest BCUT2D eigenvalue weighted by molar-refractivity contribution is -0.118. The third-order valence-corrected chi connectivity index (χ3v) is 6.88. The molecule has 0 fully saturated rings. The number of aromatic amines is 1. The van der Waals surface area contributed by atoms with Crippen molar-refractivity contribution in [1.29, 1.82) is 0 Å². The Hall–Kier alpha value is -3.01. The van der Waals surface area contributed by atoms with E-state index in [0.29, 0.717) is 11.1 Å². The lowest BCUT2D eigenvalue weighted by Gasteiger charge is -2.22. The van der Waals surface area contributed by atoms with Crippen LogP contribution in [0, 0.1) is 5.92 Å². The third-order valence-electron chi connectivity index (χ3n) is 5.53. The van der Waals surface area contributed by atoms with Crippen molar-refractivity contribution in [3.05, 3.63) is 35.2 Å². The molecule has 0 saturated heterocycles. The van der Waals surface area contributed by atoms with Crippen molar-refractivity contribution in [2.75, 3.05) is 5.32 Å². The van der Waals surface area contributed by atoms with Crippen LogP contribution in [0.5, 0.6) is 5.88 Å². The fourth-order valence-corrected chi connectivity index (χ4v) is 5.08. The minimum Gasteiger partial charge on any atom is -0.356 e. The summed E-state index contributed by atoms with van der Waals surface area (Å²) < 4.78 is 33.1. The number of anilines is 1. The van der Waals surface area contributed by atoms with Crippen LogP contribution in [0.15, 0.2) is 23.4 Å². The Labute approximate surface area is 200 Å². The third kappa shape index (κ3) is 5.22. The summed E-state index contributed by atoms with van der Waals surface area (Å²) >= 11 is 0. The predicted octanol–water partition coefficient (Wildman–Crippen LogP) is 5.09. The maximum absolute atomic E-state index is 13.7. The van der Waals surface area contributed by atoms with Crippen LogP contribution < -0.4 is 9.50 Å².